The zero-order valence-corrected chi connectivity index (χ0v) is 12.4. The Morgan fingerprint density at radius 1 is 1.47 bits per heavy atom. The number of aromatic nitrogens is 2. The van der Waals surface area contributed by atoms with Crippen LogP contribution >= 0.6 is 23.4 Å². The SMILES string of the molecule is Clc1ccc2nc(CCNC3CCCSC3)[nH]c2c1. The lowest BCUT2D eigenvalue weighted by atomic mass is 10.2. The van der Waals surface area contributed by atoms with Gasteiger partial charge in [0.05, 0.1) is 11.0 Å². The molecule has 1 saturated heterocycles. The van der Waals surface area contributed by atoms with E-state index in [4.69, 9.17) is 11.6 Å². The van der Waals surface area contributed by atoms with Crippen LogP contribution in [-0.2, 0) is 6.42 Å². The molecule has 0 aliphatic carbocycles. The molecule has 1 aliphatic rings. The number of H-pyrrole nitrogens is 1. The number of thioether (sulfide) groups is 1. The minimum atomic E-state index is 0.678. The lowest BCUT2D eigenvalue weighted by molar-refractivity contribution is 0.508. The summed E-state index contributed by atoms with van der Waals surface area (Å²) in [6.07, 6.45) is 3.58. The number of hydrogen-bond acceptors (Lipinski definition) is 3. The highest BCUT2D eigenvalue weighted by Gasteiger charge is 2.12. The fourth-order valence-corrected chi connectivity index (χ4v) is 3.73. The Labute approximate surface area is 122 Å². The Hall–Kier alpha value is -0.710. The van der Waals surface area contributed by atoms with E-state index >= 15 is 0 Å². The number of benzene rings is 1. The molecule has 5 heteroatoms. The number of hydrogen-bond donors (Lipinski definition) is 2. The zero-order chi connectivity index (χ0) is 13.1. The van der Waals surface area contributed by atoms with Crippen molar-refractivity contribution in [2.75, 3.05) is 18.1 Å². The Balaban J connectivity index is 1.56. The molecular weight excluding hydrogens is 278 g/mol. The third-order valence-electron chi connectivity index (χ3n) is 3.45. The summed E-state index contributed by atoms with van der Waals surface area (Å²) >= 11 is 8.03. The van der Waals surface area contributed by atoms with Crippen molar-refractivity contribution in [1.82, 2.24) is 15.3 Å². The second-order valence-electron chi connectivity index (χ2n) is 4.96. The van der Waals surface area contributed by atoms with Crippen LogP contribution in [0.1, 0.15) is 18.7 Å². The number of aromatic amines is 1. The Bertz CT molecular complexity index is 549. The van der Waals surface area contributed by atoms with Crippen LogP contribution in [0.3, 0.4) is 0 Å². The van der Waals surface area contributed by atoms with Gasteiger partial charge in [0, 0.05) is 29.8 Å². The second-order valence-corrected chi connectivity index (χ2v) is 6.55. The number of rotatable bonds is 4. The van der Waals surface area contributed by atoms with E-state index in [0.717, 1.165) is 34.8 Å². The van der Waals surface area contributed by atoms with E-state index < -0.39 is 0 Å². The lowest BCUT2D eigenvalue weighted by Crippen LogP contribution is -2.35. The second kappa shape index (κ2) is 6.16. The van der Waals surface area contributed by atoms with Crippen molar-refractivity contribution >= 4 is 34.4 Å². The summed E-state index contributed by atoms with van der Waals surface area (Å²) in [4.78, 5) is 7.91. The van der Waals surface area contributed by atoms with Crippen LogP contribution in [0.4, 0.5) is 0 Å². The molecule has 1 unspecified atom stereocenters. The average Bonchev–Trinajstić information content (AvgIpc) is 2.82. The largest absolute Gasteiger partial charge is 0.342 e. The molecule has 3 nitrogen and oxygen atoms in total. The molecule has 3 rings (SSSR count). The highest BCUT2D eigenvalue weighted by atomic mass is 35.5. The van der Waals surface area contributed by atoms with Gasteiger partial charge in [0.15, 0.2) is 0 Å². The van der Waals surface area contributed by atoms with Crippen molar-refractivity contribution in [2.45, 2.75) is 25.3 Å². The van der Waals surface area contributed by atoms with E-state index in [0.29, 0.717) is 6.04 Å². The Morgan fingerprint density at radius 2 is 2.42 bits per heavy atom. The highest BCUT2D eigenvalue weighted by molar-refractivity contribution is 7.99. The predicted molar refractivity (Wildman–Crippen MR) is 83.2 cm³/mol. The molecule has 1 aromatic heterocycles. The summed E-state index contributed by atoms with van der Waals surface area (Å²) in [5.74, 6) is 3.60. The maximum atomic E-state index is 5.97. The topological polar surface area (TPSA) is 40.7 Å². The highest BCUT2D eigenvalue weighted by Crippen LogP contribution is 2.18. The molecule has 102 valence electrons. The van der Waals surface area contributed by atoms with E-state index in [9.17, 15) is 0 Å². The lowest BCUT2D eigenvalue weighted by Gasteiger charge is -2.22. The van der Waals surface area contributed by atoms with E-state index in [-0.39, 0.29) is 0 Å². The van der Waals surface area contributed by atoms with Crippen molar-refractivity contribution in [3.8, 4) is 0 Å². The van der Waals surface area contributed by atoms with Gasteiger partial charge in [-0.15, -0.1) is 0 Å². The van der Waals surface area contributed by atoms with Crippen molar-refractivity contribution in [3.63, 3.8) is 0 Å². The molecule has 2 heterocycles. The van der Waals surface area contributed by atoms with Crippen LogP contribution in [0.25, 0.3) is 11.0 Å². The summed E-state index contributed by atoms with van der Waals surface area (Å²) in [7, 11) is 0. The maximum absolute atomic E-state index is 5.97. The van der Waals surface area contributed by atoms with Gasteiger partial charge in [0.2, 0.25) is 0 Å². The van der Waals surface area contributed by atoms with Crippen LogP contribution in [0.5, 0.6) is 0 Å². The monoisotopic (exact) mass is 295 g/mol. The number of imidazole rings is 1. The molecule has 0 amide bonds. The first-order valence-electron chi connectivity index (χ1n) is 6.76. The number of fused-ring (bicyclic) bond motifs is 1. The van der Waals surface area contributed by atoms with E-state index in [1.54, 1.807) is 0 Å². The summed E-state index contributed by atoms with van der Waals surface area (Å²) in [6.45, 7) is 0.985. The molecule has 19 heavy (non-hydrogen) atoms. The van der Waals surface area contributed by atoms with Crippen LogP contribution in [-0.4, -0.2) is 34.1 Å². The molecular formula is C14H18ClN3S. The van der Waals surface area contributed by atoms with Crippen molar-refractivity contribution < 1.29 is 0 Å². The molecule has 0 radical (unpaired) electrons. The Morgan fingerprint density at radius 3 is 3.26 bits per heavy atom. The molecule has 1 aromatic carbocycles. The van der Waals surface area contributed by atoms with Gasteiger partial charge in [-0.05, 0) is 36.8 Å². The smallest absolute Gasteiger partial charge is 0.108 e. The normalized spacial score (nSPS) is 19.9. The van der Waals surface area contributed by atoms with Crippen LogP contribution in [0.2, 0.25) is 5.02 Å². The van der Waals surface area contributed by atoms with Crippen LogP contribution in [0.15, 0.2) is 18.2 Å². The molecule has 2 N–H and O–H groups in total. The van der Waals surface area contributed by atoms with E-state index in [1.165, 1.54) is 24.3 Å². The van der Waals surface area contributed by atoms with Gasteiger partial charge >= 0.3 is 0 Å². The standard InChI is InChI=1S/C14H18ClN3S/c15-10-3-4-12-13(8-10)18-14(17-12)5-6-16-11-2-1-7-19-9-11/h3-4,8,11,16H,1-2,5-7,9H2,(H,17,18). The number of nitrogens with zero attached hydrogens (tertiary/aromatic N) is 1. The molecule has 0 spiro atoms. The molecule has 0 saturated carbocycles. The van der Waals surface area contributed by atoms with Gasteiger partial charge in [0.25, 0.3) is 0 Å². The first-order chi connectivity index (χ1) is 9.31. The fraction of sp³-hybridized carbons (Fsp3) is 0.500. The molecule has 1 fully saturated rings. The first kappa shape index (κ1) is 13.3. The minimum Gasteiger partial charge on any atom is -0.342 e. The zero-order valence-electron chi connectivity index (χ0n) is 10.8. The molecule has 2 aromatic rings. The van der Waals surface area contributed by atoms with Crippen molar-refractivity contribution in [3.05, 3.63) is 29.0 Å². The number of halogens is 1. The van der Waals surface area contributed by atoms with Gasteiger partial charge in [-0.1, -0.05) is 11.6 Å². The minimum absolute atomic E-state index is 0.678. The van der Waals surface area contributed by atoms with Gasteiger partial charge in [-0.2, -0.15) is 11.8 Å². The summed E-state index contributed by atoms with van der Waals surface area (Å²) < 4.78 is 0. The third kappa shape index (κ3) is 3.44. The van der Waals surface area contributed by atoms with Crippen LogP contribution < -0.4 is 5.32 Å². The van der Waals surface area contributed by atoms with Crippen molar-refractivity contribution in [1.29, 1.82) is 0 Å². The predicted octanol–water partition coefficient (Wildman–Crippen LogP) is 3.24. The van der Waals surface area contributed by atoms with Gasteiger partial charge < -0.3 is 10.3 Å². The summed E-state index contributed by atoms with van der Waals surface area (Å²) in [6, 6.07) is 6.45. The molecule has 0 bridgehead atoms. The molecule has 1 aliphatic heterocycles. The average molecular weight is 296 g/mol. The van der Waals surface area contributed by atoms with Gasteiger partial charge in [-0.25, -0.2) is 4.98 Å². The Kier molecular flexibility index (Phi) is 4.31. The fourth-order valence-electron chi connectivity index (χ4n) is 2.45. The van der Waals surface area contributed by atoms with Gasteiger partial charge in [-0.3, -0.25) is 0 Å². The van der Waals surface area contributed by atoms with Gasteiger partial charge in [0.1, 0.15) is 5.82 Å². The van der Waals surface area contributed by atoms with E-state index in [1.807, 2.05) is 18.2 Å². The van der Waals surface area contributed by atoms with Crippen molar-refractivity contribution in [2.24, 2.45) is 0 Å². The summed E-state index contributed by atoms with van der Waals surface area (Å²) in [5, 5.41) is 4.37. The molecule has 1 atom stereocenters. The van der Waals surface area contributed by atoms with E-state index in [2.05, 4.69) is 27.0 Å². The first-order valence-corrected chi connectivity index (χ1v) is 8.30. The summed E-state index contributed by atoms with van der Waals surface area (Å²) in [5.41, 5.74) is 2.02. The van der Waals surface area contributed by atoms with Crippen LogP contribution in [0, 0.1) is 0 Å². The quantitative estimate of drug-likeness (QED) is 0.910. The number of nitrogens with one attached hydrogen (secondary N) is 2. The maximum Gasteiger partial charge on any atom is 0.108 e. The third-order valence-corrected chi connectivity index (χ3v) is 4.90.